The Morgan fingerprint density at radius 1 is 1.00 bits per heavy atom. The number of phenolic OH excluding ortho intramolecular Hbond substituents is 1. The van der Waals surface area contributed by atoms with Crippen molar-refractivity contribution in [2.24, 2.45) is 0 Å². The van der Waals surface area contributed by atoms with Crippen molar-refractivity contribution in [3.63, 3.8) is 0 Å². The molecule has 1 aliphatic carbocycles. The molecule has 0 bridgehead atoms. The van der Waals surface area contributed by atoms with Gasteiger partial charge in [-0.2, -0.15) is 0 Å². The van der Waals surface area contributed by atoms with E-state index in [2.05, 4.69) is 5.16 Å². The molecule has 0 saturated heterocycles. The van der Waals surface area contributed by atoms with Gasteiger partial charge in [0.05, 0.1) is 23.7 Å². The van der Waals surface area contributed by atoms with Crippen LogP contribution in [-0.2, 0) is 36.8 Å². The van der Waals surface area contributed by atoms with Gasteiger partial charge in [0.1, 0.15) is 23.9 Å². The van der Waals surface area contributed by atoms with Crippen LogP contribution in [0.3, 0.4) is 0 Å². The summed E-state index contributed by atoms with van der Waals surface area (Å²) < 4.78 is 42.7. The molecule has 0 radical (unpaired) electrons. The highest BCUT2D eigenvalue weighted by molar-refractivity contribution is 6.11. The number of hydrogen-bond donors (Lipinski definition) is 1. The number of nitrogens with zero attached hydrogens (tertiary/aromatic N) is 1. The number of ether oxygens (including phenoxy) is 7. The average Bonchev–Trinajstić information content (AvgIpc) is 3.75. The second kappa shape index (κ2) is 16.7. The van der Waals surface area contributed by atoms with Crippen molar-refractivity contribution >= 4 is 28.9 Å². The molecular weight excluding hydrogens is 638 g/mol. The van der Waals surface area contributed by atoms with Crippen LogP contribution in [0.4, 0.5) is 4.79 Å². The first-order valence-corrected chi connectivity index (χ1v) is 16.1. The standard InChI is InChI=1S/C36H39NO12/c1-4-43-36(41)47-22(2)46-33(39)16-11-24-18-25(34(40)28-14-12-27(19-30(28)38)48-26-7-5-6-8-26)10-15-31(24)44-20-23-9-13-29-32(17-23)49-37-35(29)45-21-42-3/h9-10,12-15,17-19,22,26,38H,4-8,11,16,20-21H2,1-3H3. The van der Waals surface area contributed by atoms with Crippen LogP contribution in [0.5, 0.6) is 23.1 Å². The van der Waals surface area contributed by atoms with Crippen molar-refractivity contribution in [2.75, 3.05) is 20.5 Å². The van der Waals surface area contributed by atoms with Crippen molar-refractivity contribution in [1.29, 1.82) is 0 Å². The number of fused-ring (bicyclic) bond motifs is 1. The van der Waals surface area contributed by atoms with Gasteiger partial charge < -0.3 is 42.8 Å². The van der Waals surface area contributed by atoms with Gasteiger partial charge in [-0.15, -0.1) is 0 Å². The number of carbonyl (C=O) groups excluding carboxylic acids is 3. The minimum absolute atomic E-state index is 0.0262. The summed E-state index contributed by atoms with van der Waals surface area (Å²) in [7, 11) is 1.51. The SMILES string of the molecule is CCOC(=O)OC(C)OC(=O)CCc1cc(C(=O)c2ccc(OC3CCCC3)cc2O)ccc1OCc1ccc2c(OCOC)noc2c1. The van der Waals surface area contributed by atoms with Gasteiger partial charge >= 0.3 is 12.1 Å². The molecule has 0 aliphatic heterocycles. The molecule has 1 N–H and O–H groups in total. The maximum Gasteiger partial charge on any atom is 0.511 e. The summed E-state index contributed by atoms with van der Waals surface area (Å²) in [6.45, 7) is 3.29. The molecular formula is C36H39NO12. The van der Waals surface area contributed by atoms with Crippen LogP contribution in [0.25, 0.3) is 11.0 Å². The van der Waals surface area contributed by atoms with Gasteiger partial charge in [-0.1, -0.05) is 6.07 Å². The zero-order valence-electron chi connectivity index (χ0n) is 27.6. The van der Waals surface area contributed by atoms with Crippen LogP contribution in [0, 0.1) is 0 Å². The zero-order valence-corrected chi connectivity index (χ0v) is 27.6. The molecule has 1 fully saturated rings. The van der Waals surface area contributed by atoms with Gasteiger partial charge in [0, 0.05) is 32.1 Å². The van der Waals surface area contributed by atoms with Crippen molar-refractivity contribution in [3.8, 4) is 23.1 Å². The van der Waals surface area contributed by atoms with Crippen LogP contribution in [0.15, 0.2) is 59.1 Å². The Labute approximate surface area is 282 Å². The smallest absolute Gasteiger partial charge is 0.507 e. The molecule has 4 aromatic rings. The molecule has 0 spiro atoms. The Bertz CT molecular complexity index is 1760. The summed E-state index contributed by atoms with van der Waals surface area (Å²) in [5, 5.41) is 15.3. The lowest BCUT2D eigenvalue weighted by atomic mass is 9.98. The number of aromatic hydroxyl groups is 1. The van der Waals surface area contributed by atoms with E-state index in [0.29, 0.717) is 33.9 Å². The van der Waals surface area contributed by atoms with Gasteiger partial charge in [0.15, 0.2) is 18.2 Å². The quantitative estimate of drug-likeness (QED) is 0.0763. The van der Waals surface area contributed by atoms with Crippen LogP contribution in [0.1, 0.15) is 73.0 Å². The topological polar surface area (TPSA) is 162 Å². The largest absolute Gasteiger partial charge is 0.511 e. The summed E-state index contributed by atoms with van der Waals surface area (Å²) in [5.41, 5.74) is 2.19. The highest BCUT2D eigenvalue weighted by atomic mass is 16.8. The summed E-state index contributed by atoms with van der Waals surface area (Å²) in [6, 6.07) is 14.9. The second-order valence-corrected chi connectivity index (χ2v) is 11.4. The molecule has 1 atom stereocenters. The molecule has 260 valence electrons. The van der Waals surface area contributed by atoms with E-state index in [1.807, 2.05) is 6.07 Å². The number of aryl methyl sites for hydroxylation is 1. The maximum atomic E-state index is 13.6. The van der Waals surface area contributed by atoms with E-state index in [1.54, 1.807) is 49.4 Å². The number of carbonyl (C=O) groups is 3. The molecule has 1 aliphatic rings. The number of hydrogen-bond acceptors (Lipinski definition) is 13. The molecule has 1 heterocycles. The average molecular weight is 678 g/mol. The van der Waals surface area contributed by atoms with Crippen LogP contribution >= 0.6 is 0 Å². The Kier molecular flexibility index (Phi) is 11.9. The Morgan fingerprint density at radius 3 is 2.57 bits per heavy atom. The fraction of sp³-hybridized carbons (Fsp3) is 0.389. The predicted molar refractivity (Wildman–Crippen MR) is 174 cm³/mol. The summed E-state index contributed by atoms with van der Waals surface area (Å²) in [6.07, 6.45) is 2.14. The molecule has 49 heavy (non-hydrogen) atoms. The first-order valence-electron chi connectivity index (χ1n) is 16.1. The molecule has 1 unspecified atom stereocenters. The molecule has 1 saturated carbocycles. The maximum absolute atomic E-state index is 13.6. The molecule has 3 aromatic carbocycles. The fourth-order valence-corrected chi connectivity index (χ4v) is 5.41. The summed E-state index contributed by atoms with van der Waals surface area (Å²) in [5.74, 6) is -0.0158. The monoisotopic (exact) mass is 677 g/mol. The first-order chi connectivity index (χ1) is 23.7. The number of methoxy groups -OCH3 is 1. The van der Waals surface area contributed by atoms with E-state index in [0.717, 1.165) is 31.2 Å². The highest BCUT2D eigenvalue weighted by Crippen LogP contribution is 2.32. The van der Waals surface area contributed by atoms with Gasteiger partial charge in [0.25, 0.3) is 5.88 Å². The van der Waals surface area contributed by atoms with E-state index in [-0.39, 0.29) is 55.8 Å². The number of ketones is 1. The predicted octanol–water partition coefficient (Wildman–Crippen LogP) is 6.64. The lowest BCUT2D eigenvalue weighted by Crippen LogP contribution is -2.22. The fourth-order valence-electron chi connectivity index (χ4n) is 5.41. The van der Waals surface area contributed by atoms with Crippen molar-refractivity contribution in [3.05, 3.63) is 76.9 Å². The van der Waals surface area contributed by atoms with Crippen molar-refractivity contribution in [1.82, 2.24) is 5.16 Å². The highest BCUT2D eigenvalue weighted by Gasteiger charge is 2.21. The lowest BCUT2D eigenvalue weighted by molar-refractivity contribution is -0.167. The molecule has 1 aromatic heterocycles. The minimum atomic E-state index is -1.16. The third-order valence-corrected chi connectivity index (χ3v) is 7.77. The third-order valence-electron chi connectivity index (χ3n) is 7.77. The number of rotatable bonds is 16. The molecule has 13 nitrogen and oxygen atoms in total. The van der Waals surface area contributed by atoms with E-state index in [4.69, 9.17) is 37.7 Å². The number of esters is 1. The number of aromatic nitrogens is 1. The Balaban J connectivity index is 1.32. The number of benzene rings is 3. The van der Waals surface area contributed by atoms with Crippen LogP contribution < -0.4 is 14.2 Å². The lowest BCUT2D eigenvalue weighted by Gasteiger charge is -2.16. The van der Waals surface area contributed by atoms with E-state index >= 15 is 0 Å². The number of phenols is 1. The normalized spacial score (nSPS) is 13.5. The van der Waals surface area contributed by atoms with Gasteiger partial charge in [-0.25, -0.2) is 4.79 Å². The van der Waals surface area contributed by atoms with Crippen molar-refractivity contribution in [2.45, 2.75) is 71.4 Å². The second-order valence-electron chi connectivity index (χ2n) is 11.4. The van der Waals surface area contributed by atoms with E-state index in [1.165, 1.54) is 20.1 Å². The first kappa shape index (κ1) is 35.0. The van der Waals surface area contributed by atoms with Crippen molar-refractivity contribution < 1.29 is 57.2 Å². The molecule has 0 amide bonds. The summed E-state index contributed by atoms with van der Waals surface area (Å²) >= 11 is 0. The van der Waals surface area contributed by atoms with Gasteiger partial charge in [-0.05, 0) is 97.8 Å². The Morgan fingerprint density at radius 2 is 1.82 bits per heavy atom. The Hall–Kier alpha value is -5.30. The van der Waals surface area contributed by atoms with E-state index in [9.17, 15) is 19.5 Å². The minimum Gasteiger partial charge on any atom is -0.507 e. The third kappa shape index (κ3) is 9.41. The summed E-state index contributed by atoms with van der Waals surface area (Å²) in [4.78, 5) is 37.8. The molecule has 13 heteroatoms. The van der Waals surface area contributed by atoms with Crippen LogP contribution in [0.2, 0.25) is 0 Å². The van der Waals surface area contributed by atoms with Gasteiger partial charge in [0.2, 0.25) is 6.29 Å². The molecule has 5 rings (SSSR count). The van der Waals surface area contributed by atoms with Gasteiger partial charge in [-0.3, -0.25) is 9.59 Å². The van der Waals surface area contributed by atoms with Crippen LogP contribution in [-0.4, -0.2) is 61.1 Å². The zero-order chi connectivity index (χ0) is 34.8. The van der Waals surface area contributed by atoms with E-state index < -0.39 is 24.2 Å².